The van der Waals surface area contributed by atoms with Crippen LogP contribution < -0.4 is 14.8 Å². The molecular formula is C20H30N2O3. The van der Waals surface area contributed by atoms with Gasteiger partial charge in [0.25, 0.3) is 0 Å². The molecule has 0 unspecified atom stereocenters. The third-order valence-electron chi connectivity index (χ3n) is 5.16. The summed E-state index contributed by atoms with van der Waals surface area (Å²) in [7, 11) is 1.65. The molecular weight excluding hydrogens is 316 g/mol. The summed E-state index contributed by atoms with van der Waals surface area (Å²) in [6.45, 7) is 2.55. The van der Waals surface area contributed by atoms with Crippen LogP contribution in [0.5, 0.6) is 11.5 Å². The highest BCUT2D eigenvalue weighted by Crippen LogP contribution is 2.28. The van der Waals surface area contributed by atoms with E-state index in [4.69, 9.17) is 9.47 Å². The Morgan fingerprint density at radius 3 is 2.48 bits per heavy atom. The second-order valence-electron chi connectivity index (χ2n) is 7.16. The van der Waals surface area contributed by atoms with Crippen LogP contribution in [0.15, 0.2) is 24.3 Å². The topological polar surface area (TPSA) is 50.8 Å². The third-order valence-corrected chi connectivity index (χ3v) is 5.16. The van der Waals surface area contributed by atoms with Crippen molar-refractivity contribution in [1.82, 2.24) is 10.2 Å². The summed E-state index contributed by atoms with van der Waals surface area (Å²) in [5.74, 6) is 1.76. The molecule has 0 aromatic heterocycles. The van der Waals surface area contributed by atoms with Gasteiger partial charge >= 0.3 is 0 Å². The molecule has 1 amide bonds. The lowest BCUT2D eigenvalue weighted by molar-refractivity contribution is -0.122. The number of nitrogens with zero attached hydrogens (tertiary/aromatic N) is 1. The third kappa shape index (κ3) is 5.36. The number of hydrogen-bond acceptors (Lipinski definition) is 4. The minimum Gasteiger partial charge on any atom is -0.493 e. The molecule has 1 aliphatic carbocycles. The Morgan fingerprint density at radius 2 is 1.80 bits per heavy atom. The molecule has 1 N–H and O–H groups in total. The summed E-state index contributed by atoms with van der Waals surface area (Å²) in [4.78, 5) is 14.4. The molecule has 0 radical (unpaired) electrons. The maximum Gasteiger partial charge on any atom is 0.221 e. The second-order valence-corrected chi connectivity index (χ2v) is 7.16. The maximum atomic E-state index is 12.1. The average Bonchev–Trinajstić information content (AvgIpc) is 2.85. The first-order valence-corrected chi connectivity index (χ1v) is 9.56. The fourth-order valence-corrected chi connectivity index (χ4v) is 3.66. The van der Waals surface area contributed by atoms with E-state index >= 15 is 0 Å². The number of carbonyl (C=O) groups is 1. The van der Waals surface area contributed by atoms with Crippen LogP contribution in [0.2, 0.25) is 0 Å². The summed E-state index contributed by atoms with van der Waals surface area (Å²) in [5.41, 5.74) is 0. The van der Waals surface area contributed by atoms with Crippen molar-refractivity contribution >= 4 is 5.91 Å². The molecule has 2 aliphatic rings. The number of nitrogens with one attached hydrogen (secondary N) is 1. The van der Waals surface area contributed by atoms with E-state index in [0.29, 0.717) is 12.5 Å². The monoisotopic (exact) mass is 346 g/mol. The Bertz CT molecular complexity index is 550. The first kappa shape index (κ1) is 18.1. The molecule has 3 rings (SSSR count). The van der Waals surface area contributed by atoms with Gasteiger partial charge in [-0.05, 0) is 25.0 Å². The van der Waals surface area contributed by atoms with Gasteiger partial charge in [0.1, 0.15) is 6.10 Å². The molecule has 5 heteroatoms. The van der Waals surface area contributed by atoms with Crippen molar-refractivity contribution in [3.8, 4) is 11.5 Å². The quantitative estimate of drug-likeness (QED) is 0.771. The van der Waals surface area contributed by atoms with Gasteiger partial charge in [0.05, 0.1) is 7.11 Å². The molecule has 5 nitrogen and oxygen atoms in total. The van der Waals surface area contributed by atoms with Crippen LogP contribution >= 0.6 is 0 Å². The summed E-state index contributed by atoms with van der Waals surface area (Å²) < 4.78 is 11.3. The van der Waals surface area contributed by atoms with Gasteiger partial charge in [-0.3, -0.25) is 9.69 Å². The summed E-state index contributed by atoms with van der Waals surface area (Å²) in [6.07, 6.45) is 8.17. The number of benzene rings is 1. The number of likely N-dealkylation sites (tertiary alicyclic amines) is 1. The van der Waals surface area contributed by atoms with E-state index in [-0.39, 0.29) is 12.0 Å². The molecule has 1 heterocycles. The molecule has 0 bridgehead atoms. The van der Waals surface area contributed by atoms with E-state index in [9.17, 15) is 4.79 Å². The lowest BCUT2D eigenvalue weighted by Crippen LogP contribution is -2.54. The van der Waals surface area contributed by atoms with Gasteiger partial charge in [0.2, 0.25) is 5.91 Å². The normalized spacial score (nSPS) is 19.7. The van der Waals surface area contributed by atoms with E-state index in [1.807, 2.05) is 24.3 Å². The van der Waals surface area contributed by atoms with Gasteiger partial charge < -0.3 is 14.8 Å². The van der Waals surface area contributed by atoms with Crippen LogP contribution in [0.1, 0.15) is 44.9 Å². The van der Waals surface area contributed by atoms with Crippen molar-refractivity contribution in [2.24, 2.45) is 0 Å². The number of amides is 1. The average molecular weight is 346 g/mol. The first-order chi connectivity index (χ1) is 12.2. The highest BCUT2D eigenvalue weighted by molar-refractivity contribution is 5.76. The maximum absolute atomic E-state index is 12.1. The zero-order chi connectivity index (χ0) is 17.5. The predicted octanol–water partition coefficient (Wildman–Crippen LogP) is 2.99. The van der Waals surface area contributed by atoms with Gasteiger partial charge in [-0.1, -0.05) is 37.8 Å². The fourth-order valence-electron chi connectivity index (χ4n) is 3.66. The SMILES string of the molecule is COc1ccccc1OC1CN(CCC(=O)NC2CCCCCC2)C1. The van der Waals surface area contributed by atoms with E-state index in [0.717, 1.165) is 44.0 Å². The molecule has 2 fully saturated rings. The van der Waals surface area contributed by atoms with E-state index < -0.39 is 0 Å². The van der Waals surface area contributed by atoms with Gasteiger partial charge in [0.15, 0.2) is 11.5 Å². The Balaban J connectivity index is 1.33. The van der Waals surface area contributed by atoms with Crippen LogP contribution in [0, 0.1) is 0 Å². The predicted molar refractivity (Wildman–Crippen MR) is 98.1 cm³/mol. The summed E-state index contributed by atoms with van der Waals surface area (Å²) >= 11 is 0. The van der Waals surface area contributed by atoms with Crippen molar-refractivity contribution < 1.29 is 14.3 Å². The number of carbonyl (C=O) groups excluding carboxylic acids is 1. The number of methoxy groups -OCH3 is 1. The molecule has 1 aliphatic heterocycles. The lowest BCUT2D eigenvalue weighted by Gasteiger charge is -2.39. The van der Waals surface area contributed by atoms with Crippen LogP contribution in [-0.2, 0) is 4.79 Å². The van der Waals surface area contributed by atoms with Gasteiger partial charge in [-0.25, -0.2) is 0 Å². The molecule has 1 saturated carbocycles. The van der Waals surface area contributed by atoms with Crippen molar-refractivity contribution in [2.75, 3.05) is 26.7 Å². The van der Waals surface area contributed by atoms with Crippen LogP contribution in [0.3, 0.4) is 0 Å². The lowest BCUT2D eigenvalue weighted by atomic mass is 10.1. The fraction of sp³-hybridized carbons (Fsp3) is 0.650. The minimum atomic E-state index is 0.182. The summed E-state index contributed by atoms with van der Waals surface area (Å²) in [5, 5.41) is 3.22. The van der Waals surface area contributed by atoms with Crippen LogP contribution in [-0.4, -0.2) is 49.7 Å². The number of ether oxygens (including phenoxy) is 2. The van der Waals surface area contributed by atoms with Gasteiger partial charge in [-0.15, -0.1) is 0 Å². The largest absolute Gasteiger partial charge is 0.493 e. The highest BCUT2D eigenvalue weighted by atomic mass is 16.5. The van der Waals surface area contributed by atoms with Gasteiger partial charge in [0, 0.05) is 32.1 Å². The Kier molecular flexibility index (Phi) is 6.56. The van der Waals surface area contributed by atoms with Crippen molar-refractivity contribution in [2.45, 2.75) is 57.1 Å². The number of rotatable bonds is 7. The number of para-hydroxylation sites is 2. The van der Waals surface area contributed by atoms with E-state index in [1.54, 1.807) is 7.11 Å². The van der Waals surface area contributed by atoms with Crippen LogP contribution in [0.25, 0.3) is 0 Å². The minimum absolute atomic E-state index is 0.182. The molecule has 1 saturated heterocycles. The highest BCUT2D eigenvalue weighted by Gasteiger charge is 2.29. The van der Waals surface area contributed by atoms with E-state index in [1.165, 1.54) is 25.7 Å². The van der Waals surface area contributed by atoms with Gasteiger partial charge in [-0.2, -0.15) is 0 Å². The zero-order valence-corrected chi connectivity index (χ0v) is 15.2. The van der Waals surface area contributed by atoms with E-state index in [2.05, 4.69) is 10.2 Å². The number of hydrogen-bond donors (Lipinski definition) is 1. The molecule has 0 atom stereocenters. The molecule has 138 valence electrons. The first-order valence-electron chi connectivity index (χ1n) is 9.56. The zero-order valence-electron chi connectivity index (χ0n) is 15.2. The Morgan fingerprint density at radius 1 is 1.12 bits per heavy atom. The molecule has 1 aromatic rings. The molecule has 0 spiro atoms. The Labute approximate surface area is 150 Å². The Hall–Kier alpha value is -1.75. The van der Waals surface area contributed by atoms with Crippen LogP contribution in [0.4, 0.5) is 0 Å². The van der Waals surface area contributed by atoms with Crippen molar-refractivity contribution in [3.63, 3.8) is 0 Å². The summed E-state index contributed by atoms with van der Waals surface area (Å²) in [6, 6.07) is 8.12. The van der Waals surface area contributed by atoms with Crippen molar-refractivity contribution in [1.29, 1.82) is 0 Å². The standard InChI is InChI=1S/C20H30N2O3/c1-24-18-10-6-7-11-19(18)25-17-14-22(15-17)13-12-20(23)21-16-8-4-2-3-5-9-16/h6-7,10-11,16-17H,2-5,8-9,12-15H2,1H3,(H,21,23). The smallest absolute Gasteiger partial charge is 0.221 e. The van der Waals surface area contributed by atoms with Crippen molar-refractivity contribution in [3.05, 3.63) is 24.3 Å². The second kappa shape index (κ2) is 9.09. The molecule has 25 heavy (non-hydrogen) atoms. The molecule has 1 aromatic carbocycles.